The molecule has 4 aromatic rings. The van der Waals surface area contributed by atoms with Crippen LogP contribution in [0, 0.1) is 5.82 Å². The maximum absolute atomic E-state index is 14.7. The molecule has 0 saturated heterocycles. The number of rotatable bonds is 14. The van der Waals surface area contributed by atoms with Crippen LogP contribution in [-0.2, 0) is 16.9 Å². The number of benzene rings is 3. The van der Waals surface area contributed by atoms with Crippen molar-refractivity contribution in [3.8, 4) is 11.1 Å². The van der Waals surface area contributed by atoms with Crippen molar-refractivity contribution in [1.82, 2.24) is 20.5 Å². The highest BCUT2D eigenvalue weighted by Crippen LogP contribution is 2.42. The summed E-state index contributed by atoms with van der Waals surface area (Å²) in [6, 6.07) is 19.9. The molecule has 0 spiro atoms. The Balaban J connectivity index is 1.53. The molecular weight excluding hydrogens is 595 g/mol. The van der Waals surface area contributed by atoms with E-state index in [4.69, 9.17) is 11.6 Å². The number of methoxy groups -OCH3 is 1. The number of carbonyl (C=O) groups is 2. The molecule has 0 aliphatic rings. The molecule has 0 aliphatic carbocycles. The summed E-state index contributed by atoms with van der Waals surface area (Å²) in [7, 11) is 4.73. The first kappa shape index (κ1) is 33.8. The first-order valence-corrected chi connectivity index (χ1v) is 15.4. The van der Waals surface area contributed by atoms with Gasteiger partial charge in [-0.25, -0.2) is 9.18 Å². The molecule has 1 unspecified atom stereocenters. The zero-order valence-electron chi connectivity index (χ0n) is 25.9. The van der Waals surface area contributed by atoms with E-state index in [1.54, 1.807) is 32.4 Å². The van der Waals surface area contributed by atoms with Gasteiger partial charge in [0.15, 0.2) is 0 Å². The fraction of sp³-hybridized carbons (Fsp3) is 0.343. The van der Waals surface area contributed by atoms with Gasteiger partial charge in [0.2, 0.25) is 0 Å². The number of aromatic nitrogens is 1. The van der Waals surface area contributed by atoms with E-state index in [-0.39, 0.29) is 5.56 Å². The molecule has 0 aliphatic heterocycles. The van der Waals surface area contributed by atoms with Crippen LogP contribution in [0.4, 0.5) is 9.18 Å². The average molecular weight is 635 g/mol. The van der Waals surface area contributed by atoms with Crippen molar-refractivity contribution >= 4 is 34.5 Å². The Hall–Kier alpha value is -4.05. The van der Waals surface area contributed by atoms with Gasteiger partial charge in [-0.3, -0.25) is 9.78 Å². The fourth-order valence-electron chi connectivity index (χ4n) is 5.57. The van der Waals surface area contributed by atoms with Crippen LogP contribution in [-0.4, -0.2) is 61.3 Å². The molecule has 45 heavy (non-hydrogen) atoms. The van der Waals surface area contributed by atoms with Crippen molar-refractivity contribution < 1.29 is 23.8 Å². The second-order valence-electron chi connectivity index (χ2n) is 11.2. The highest BCUT2D eigenvalue weighted by Gasteiger charge is 2.32. The molecule has 0 saturated carbocycles. The third-order valence-electron chi connectivity index (χ3n) is 7.94. The van der Waals surface area contributed by atoms with Gasteiger partial charge in [0.25, 0.3) is 5.91 Å². The zero-order chi connectivity index (χ0) is 32.4. The first-order valence-electron chi connectivity index (χ1n) is 15.0. The van der Waals surface area contributed by atoms with Crippen molar-refractivity contribution in [1.29, 1.82) is 0 Å². The second kappa shape index (κ2) is 15.8. The zero-order valence-corrected chi connectivity index (χ0v) is 26.7. The number of unbranched alkanes of at least 4 members (excludes halogenated alkanes) is 1. The van der Waals surface area contributed by atoms with E-state index < -0.39 is 23.4 Å². The van der Waals surface area contributed by atoms with Crippen LogP contribution in [0.5, 0.6) is 0 Å². The van der Waals surface area contributed by atoms with Gasteiger partial charge in [-0.2, -0.15) is 0 Å². The number of hydrogen-bond donors (Lipinski definition) is 3. The van der Waals surface area contributed by atoms with Gasteiger partial charge in [-0.1, -0.05) is 48.0 Å². The third kappa shape index (κ3) is 8.57. The van der Waals surface area contributed by atoms with Gasteiger partial charge < -0.3 is 25.4 Å². The number of hydrogen-bond acceptors (Lipinski definition) is 6. The highest BCUT2D eigenvalue weighted by atomic mass is 35.5. The summed E-state index contributed by atoms with van der Waals surface area (Å²) in [5, 5.41) is 19.4. The Labute approximate surface area is 268 Å². The normalized spacial score (nSPS) is 12.5. The SMILES string of the molecule is CNCc1ccc(C(=O)N(C)CCCCC(O)(CCCNC(=O)OC)c2cccc(Cl)c2-c2cnc3ccccc3c2)c(F)c1. The number of alkyl carbamates (subject to hydrolysis) is 1. The third-order valence-corrected chi connectivity index (χ3v) is 8.26. The number of pyridine rings is 1. The summed E-state index contributed by atoms with van der Waals surface area (Å²) >= 11 is 6.79. The van der Waals surface area contributed by atoms with Crippen LogP contribution >= 0.6 is 11.6 Å². The van der Waals surface area contributed by atoms with E-state index in [2.05, 4.69) is 20.4 Å². The summed E-state index contributed by atoms with van der Waals surface area (Å²) in [6.45, 7) is 1.21. The largest absolute Gasteiger partial charge is 0.453 e. The highest BCUT2D eigenvalue weighted by molar-refractivity contribution is 6.33. The molecule has 1 aromatic heterocycles. The van der Waals surface area contributed by atoms with E-state index in [1.807, 2.05) is 42.5 Å². The van der Waals surface area contributed by atoms with Gasteiger partial charge in [-0.05, 0) is 80.6 Å². The lowest BCUT2D eigenvalue weighted by atomic mass is 9.80. The Morgan fingerprint density at radius 3 is 2.58 bits per heavy atom. The number of nitrogens with zero attached hydrogens (tertiary/aromatic N) is 2. The van der Waals surface area contributed by atoms with Crippen LogP contribution < -0.4 is 10.6 Å². The number of amides is 2. The van der Waals surface area contributed by atoms with E-state index in [9.17, 15) is 19.1 Å². The van der Waals surface area contributed by atoms with Crippen LogP contribution in [0.15, 0.2) is 72.9 Å². The number of fused-ring (bicyclic) bond motifs is 1. The van der Waals surface area contributed by atoms with E-state index in [0.29, 0.717) is 67.9 Å². The van der Waals surface area contributed by atoms with Crippen LogP contribution in [0.25, 0.3) is 22.0 Å². The molecule has 238 valence electrons. The topological polar surface area (TPSA) is 104 Å². The Morgan fingerprint density at radius 2 is 1.82 bits per heavy atom. The standard InChI is InChI=1S/C35H40ClFN4O4/c1-38-22-24-14-15-27(30(37)20-24)33(42)41(2)19-7-6-16-35(44,17-9-18-39-34(43)45-3)28-11-8-12-29(36)32(28)26-21-25-10-4-5-13-31(25)40-23-26/h4-5,8,10-15,20-21,23,38,44H,6-7,9,16-19,22H2,1-3H3,(H,39,43). The Kier molecular flexibility index (Phi) is 11.9. The maximum atomic E-state index is 14.7. The average Bonchev–Trinajstić information content (AvgIpc) is 3.04. The minimum atomic E-state index is -1.30. The number of ether oxygens (including phenoxy) is 1. The van der Waals surface area contributed by atoms with Crippen molar-refractivity contribution in [2.45, 2.75) is 44.2 Å². The second-order valence-corrected chi connectivity index (χ2v) is 11.6. The molecule has 0 radical (unpaired) electrons. The molecule has 8 nitrogen and oxygen atoms in total. The molecule has 1 atom stereocenters. The summed E-state index contributed by atoms with van der Waals surface area (Å²) in [5.41, 5.74) is 2.49. The number of nitrogens with one attached hydrogen (secondary N) is 2. The summed E-state index contributed by atoms with van der Waals surface area (Å²) in [4.78, 5) is 30.7. The molecule has 2 amide bonds. The lowest BCUT2D eigenvalue weighted by molar-refractivity contribution is 0.0142. The van der Waals surface area contributed by atoms with E-state index in [1.165, 1.54) is 24.1 Å². The molecular formula is C35H40ClFN4O4. The Morgan fingerprint density at radius 1 is 1.04 bits per heavy atom. The van der Waals surface area contributed by atoms with Crippen molar-refractivity contribution in [3.05, 3.63) is 100 Å². The minimum absolute atomic E-state index is 0.0273. The number of aliphatic hydroxyl groups is 1. The molecule has 3 N–H and O–H groups in total. The van der Waals surface area contributed by atoms with Crippen molar-refractivity contribution in [3.63, 3.8) is 0 Å². The molecule has 0 bridgehead atoms. The lowest BCUT2D eigenvalue weighted by Crippen LogP contribution is -2.31. The summed E-state index contributed by atoms with van der Waals surface area (Å²) < 4.78 is 19.4. The van der Waals surface area contributed by atoms with Crippen molar-refractivity contribution in [2.24, 2.45) is 0 Å². The van der Waals surface area contributed by atoms with E-state index >= 15 is 0 Å². The monoisotopic (exact) mass is 634 g/mol. The van der Waals surface area contributed by atoms with Crippen molar-refractivity contribution in [2.75, 3.05) is 34.3 Å². The summed E-state index contributed by atoms with van der Waals surface area (Å²) in [5.74, 6) is -0.945. The maximum Gasteiger partial charge on any atom is 0.406 e. The Bertz CT molecular complexity index is 1630. The minimum Gasteiger partial charge on any atom is -0.453 e. The first-order chi connectivity index (χ1) is 21.7. The number of carbonyl (C=O) groups excluding carboxylic acids is 2. The van der Waals surface area contributed by atoms with Gasteiger partial charge in [0, 0.05) is 54.4 Å². The van der Waals surface area contributed by atoms with Crippen LogP contribution in [0.1, 0.15) is 53.6 Å². The molecule has 0 fully saturated rings. The smallest absolute Gasteiger partial charge is 0.406 e. The van der Waals surface area contributed by atoms with Gasteiger partial charge in [-0.15, -0.1) is 0 Å². The van der Waals surface area contributed by atoms with Crippen LogP contribution in [0.2, 0.25) is 5.02 Å². The quantitative estimate of drug-likeness (QED) is 0.134. The van der Waals surface area contributed by atoms with Gasteiger partial charge in [0.05, 0.1) is 23.8 Å². The fourth-order valence-corrected chi connectivity index (χ4v) is 5.85. The summed E-state index contributed by atoms with van der Waals surface area (Å²) in [6.07, 6.45) is 3.57. The molecule has 3 aromatic carbocycles. The molecule has 1 heterocycles. The van der Waals surface area contributed by atoms with Gasteiger partial charge in [0.1, 0.15) is 5.82 Å². The van der Waals surface area contributed by atoms with E-state index in [0.717, 1.165) is 22.0 Å². The number of para-hydroxylation sites is 1. The predicted molar refractivity (Wildman–Crippen MR) is 176 cm³/mol. The van der Waals surface area contributed by atoms with Gasteiger partial charge >= 0.3 is 6.09 Å². The number of halogens is 2. The molecule has 10 heteroatoms. The van der Waals surface area contributed by atoms with Crippen LogP contribution in [0.3, 0.4) is 0 Å². The molecule has 4 rings (SSSR count). The predicted octanol–water partition coefficient (Wildman–Crippen LogP) is 6.68. The lowest BCUT2D eigenvalue weighted by Gasteiger charge is -2.32.